The molecule has 0 spiro atoms. The topological polar surface area (TPSA) is 87.3 Å². The van der Waals surface area contributed by atoms with Crippen LogP contribution >= 0.6 is 0 Å². The van der Waals surface area contributed by atoms with Crippen LogP contribution in [0.5, 0.6) is 0 Å². The maximum absolute atomic E-state index is 11.8. The average Bonchev–Trinajstić information content (AvgIpc) is 2.15. The van der Waals surface area contributed by atoms with Crippen molar-refractivity contribution in [2.75, 3.05) is 25.1 Å². The maximum Gasteiger partial charge on any atom is 0.238 e. The van der Waals surface area contributed by atoms with Gasteiger partial charge in [0, 0.05) is 31.4 Å². The Balaban J connectivity index is 2.39. The molecule has 1 rings (SSSR count). The van der Waals surface area contributed by atoms with Gasteiger partial charge in [0.25, 0.3) is 0 Å². The lowest BCUT2D eigenvalue weighted by atomic mass is 10.1. The van der Waals surface area contributed by atoms with Crippen LogP contribution in [0.3, 0.4) is 0 Å². The standard InChI is InChI=1S/C10H21N3O3S/c1-7-4-12-9(5-11-7)10(14)13-8(2)6-17(3,15)16/h7-9,11-12H,4-6H2,1-3H3,(H,13,14). The number of sulfone groups is 1. The Bertz CT molecular complexity index is 361. The molecule has 0 aliphatic carbocycles. The molecule has 7 heteroatoms. The molecule has 0 aromatic heterocycles. The highest BCUT2D eigenvalue weighted by Crippen LogP contribution is 1.96. The Labute approximate surface area is 102 Å². The van der Waals surface area contributed by atoms with Gasteiger partial charge in [0.2, 0.25) is 5.91 Å². The number of amides is 1. The minimum absolute atomic E-state index is 0.0324. The molecule has 0 aromatic rings. The summed E-state index contributed by atoms with van der Waals surface area (Å²) in [6, 6.07) is -0.292. The van der Waals surface area contributed by atoms with Gasteiger partial charge in [0.05, 0.1) is 11.8 Å². The van der Waals surface area contributed by atoms with Crippen molar-refractivity contribution in [3.8, 4) is 0 Å². The Morgan fingerprint density at radius 1 is 1.41 bits per heavy atom. The molecule has 17 heavy (non-hydrogen) atoms. The zero-order valence-electron chi connectivity index (χ0n) is 10.5. The highest BCUT2D eigenvalue weighted by molar-refractivity contribution is 7.90. The fraction of sp³-hybridized carbons (Fsp3) is 0.900. The summed E-state index contributed by atoms with van der Waals surface area (Å²) < 4.78 is 22.1. The van der Waals surface area contributed by atoms with Crippen molar-refractivity contribution in [3.05, 3.63) is 0 Å². The molecule has 3 N–H and O–H groups in total. The molecule has 1 saturated heterocycles. The van der Waals surface area contributed by atoms with Crippen molar-refractivity contribution in [1.82, 2.24) is 16.0 Å². The number of carbonyl (C=O) groups is 1. The maximum atomic E-state index is 11.8. The van der Waals surface area contributed by atoms with Crippen LogP contribution in [0.2, 0.25) is 0 Å². The molecule has 3 unspecified atom stereocenters. The highest BCUT2D eigenvalue weighted by atomic mass is 32.2. The highest BCUT2D eigenvalue weighted by Gasteiger charge is 2.24. The van der Waals surface area contributed by atoms with E-state index in [1.54, 1.807) is 6.92 Å². The van der Waals surface area contributed by atoms with E-state index in [1.165, 1.54) is 0 Å². The van der Waals surface area contributed by atoms with E-state index in [9.17, 15) is 13.2 Å². The summed E-state index contributed by atoms with van der Waals surface area (Å²) in [6.07, 6.45) is 1.16. The lowest BCUT2D eigenvalue weighted by molar-refractivity contribution is -0.123. The van der Waals surface area contributed by atoms with Crippen molar-refractivity contribution < 1.29 is 13.2 Å². The lowest BCUT2D eigenvalue weighted by Gasteiger charge is -2.29. The average molecular weight is 263 g/mol. The second-order valence-corrected chi connectivity index (χ2v) is 6.96. The molecule has 1 heterocycles. The minimum atomic E-state index is -3.06. The smallest absolute Gasteiger partial charge is 0.238 e. The van der Waals surface area contributed by atoms with Gasteiger partial charge in [-0.3, -0.25) is 4.79 Å². The molecular formula is C10H21N3O3S. The Morgan fingerprint density at radius 2 is 2.06 bits per heavy atom. The van der Waals surface area contributed by atoms with Crippen LogP contribution in [0.25, 0.3) is 0 Å². The van der Waals surface area contributed by atoms with E-state index in [-0.39, 0.29) is 23.7 Å². The normalized spacial score (nSPS) is 27.5. The summed E-state index contributed by atoms with van der Waals surface area (Å²) in [6.45, 7) is 5.03. The second kappa shape index (κ2) is 5.79. The van der Waals surface area contributed by atoms with Gasteiger partial charge in [-0.15, -0.1) is 0 Å². The van der Waals surface area contributed by atoms with E-state index >= 15 is 0 Å². The van der Waals surface area contributed by atoms with E-state index in [0.29, 0.717) is 12.6 Å². The first-order valence-corrected chi connectivity index (χ1v) is 7.79. The Hall–Kier alpha value is -0.660. The van der Waals surface area contributed by atoms with E-state index in [0.717, 1.165) is 12.8 Å². The van der Waals surface area contributed by atoms with Crippen LogP contribution in [0, 0.1) is 0 Å². The van der Waals surface area contributed by atoms with E-state index in [4.69, 9.17) is 0 Å². The van der Waals surface area contributed by atoms with E-state index in [1.807, 2.05) is 6.92 Å². The lowest BCUT2D eigenvalue weighted by Crippen LogP contribution is -2.60. The molecule has 1 aliphatic rings. The van der Waals surface area contributed by atoms with Crippen LogP contribution < -0.4 is 16.0 Å². The minimum Gasteiger partial charge on any atom is -0.351 e. The molecule has 0 aromatic carbocycles. The van der Waals surface area contributed by atoms with Gasteiger partial charge >= 0.3 is 0 Å². The zero-order valence-corrected chi connectivity index (χ0v) is 11.3. The number of hydrogen-bond acceptors (Lipinski definition) is 5. The first-order valence-electron chi connectivity index (χ1n) is 5.73. The van der Waals surface area contributed by atoms with Gasteiger partial charge in [-0.25, -0.2) is 8.42 Å². The summed E-state index contributed by atoms with van der Waals surface area (Å²) in [4.78, 5) is 11.8. The van der Waals surface area contributed by atoms with Gasteiger partial charge in [-0.1, -0.05) is 0 Å². The van der Waals surface area contributed by atoms with E-state index < -0.39 is 9.84 Å². The quantitative estimate of drug-likeness (QED) is 0.574. The monoisotopic (exact) mass is 263 g/mol. The van der Waals surface area contributed by atoms with Crippen LogP contribution in [-0.4, -0.2) is 57.5 Å². The first kappa shape index (κ1) is 14.4. The van der Waals surface area contributed by atoms with E-state index in [2.05, 4.69) is 16.0 Å². The number of nitrogens with one attached hydrogen (secondary N) is 3. The fourth-order valence-corrected chi connectivity index (χ4v) is 2.80. The van der Waals surface area contributed by atoms with Gasteiger partial charge in [0.15, 0.2) is 0 Å². The van der Waals surface area contributed by atoms with Crippen molar-refractivity contribution in [2.24, 2.45) is 0 Å². The molecule has 100 valence electrons. The van der Waals surface area contributed by atoms with Crippen LogP contribution in [-0.2, 0) is 14.6 Å². The molecule has 0 radical (unpaired) electrons. The number of hydrogen-bond donors (Lipinski definition) is 3. The first-order chi connectivity index (χ1) is 7.78. The molecule has 0 saturated carbocycles. The summed E-state index contributed by atoms with van der Waals surface area (Å²) >= 11 is 0. The zero-order chi connectivity index (χ0) is 13.1. The van der Waals surface area contributed by atoms with Crippen molar-refractivity contribution in [2.45, 2.75) is 32.0 Å². The summed E-state index contributed by atoms with van der Waals surface area (Å²) in [7, 11) is -3.06. The van der Waals surface area contributed by atoms with Crippen molar-refractivity contribution >= 4 is 15.7 Å². The second-order valence-electron chi connectivity index (χ2n) is 4.77. The Morgan fingerprint density at radius 3 is 2.53 bits per heavy atom. The van der Waals surface area contributed by atoms with Crippen molar-refractivity contribution in [3.63, 3.8) is 0 Å². The third-order valence-corrected chi connectivity index (χ3v) is 3.70. The predicted octanol–water partition coefficient (Wildman–Crippen LogP) is -1.51. The van der Waals surface area contributed by atoms with Gasteiger partial charge < -0.3 is 16.0 Å². The Kier molecular flexibility index (Phi) is 4.91. The third-order valence-electron chi connectivity index (χ3n) is 2.60. The van der Waals surface area contributed by atoms with Gasteiger partial charge in [-0.2, -0.15) is 0 Å². The third kappa shape index (κ3) is 5.47. The fourth-order valence-electron chi connectivity index (χ4n) is 1.81. The number of rotatable bonds is 4. The van der Waals surface area contributed by atoms with Crippen molar-refractivity contribution in [1.29, 1.82) is 0 Å². The number of carbonyl (C=O) groups excluding carboxylic acids is 1. The van der Waals surface area contributed by atoms with Gasteiger partial charge in [-0.05, 0) is 13.8 Å². The van der Waals surface area contributed by atoms with Gasteiger partial charge in [0.1, 0.15) is 9.84 Å². The van der Waals surface area contributed by atoms with Crippen LogP contribution in [0.1, 0.15) is 13.8 Å². The van der Waals surface area contributed by atoms with Crippen LogP contribution in [0.15, 0.2) is 0 Å². The summed E-state index contributed by atoms with van der Waals surface area (Å²) in [5, 5.41) is 9.01. The van der Waals surface area contributed by atoms with Crippen LogP contribution in [0.4, 0.5) is 0 Å². The molecular weight excluding hydrogens is 242 g/mol. The molecule has 1 aliphatic heterocycles. The molecule has 1 amide bonds. The summed E-state index contributed by atoms with van der Waals surface area (Å²) in [5.74, 6) is -0.185. The molecule has 0 bridgehead atoms. The predicted molar refractivity (Wildman–Crippen MR) is 66.6 cm³/mol. The SMILES string of the molecule is CC1CNC(C(=O)NC(C)CS(C)(=O)=O)CN1. The molecule has 3 atom stereocenters. The largest absolute Gasteiger partial charge is 0.351 e. The summed E-state index contributed by atoms with van der Waals surface area (Å²) in [5.41, 5.74) is 0. The molecule has 1 fully saturated rings. The molecule has 6 nitrogen and oxygen atoms in total. The number of piperazine rings is 1.